The third-order valence-corrected chi connectivity index (χ3v) is 5.42. The van der Waals surface area contributed by atoms with Gasteiger partial charge in [-0.2, -0.15) is 0 Å². The molecule has 154 valence electrons. The Bertz CT molecular complexity index is 1060. The molecule has 0 saturated heterocycles. The zero-order chi connectivity index (χ0) is 21.6. The Morgan fingerprint density at radius 1 is 0.966 bits per heavy atom. The van der Waals surface area contributed by atoms with E-state index in [9.17, 15) is 4.79 Å². The van der Waals surface area contributed by atoms with E-state index in [-0.39, 0.29) is 10.8 Å². The number of aromatic nitrogens is 1. The zero-order valence-electron chi connectivity index (χ0n) is 19.0. The average Bonchev–Trinajstić information content (AvgIpc) is 2.97. The van der Waals surface area contributed by atoms with Crippen LogP contribution < -0.4 is 4.74 Å². The summed E-state index contributed by atoms with van der Waals surface area (Å²) in [5, 5.41) is 0. The van der Waals surface area contributed by atoms with E-state index in [2.05, 4.69) is 72.7 Å². The number of carbonyl (C=O) groups excluding carboxylic acids is 1. The fourth-order valence-electron chi connectivity index (χ4n) is 3.77. The van der Waals surface area contributed by atoms with Crippen LogP contribution in [0.1, 0.15) is 75.6 Å². The lowest BCUT2D eigenvalue weighted by atomic mass is 9.78. The molecule has 0 spiro atoms. The van der Waals surface area contributed by atoms with Crippen molar-refractivity contribution in [1.29, 1.82) is 0 Å². The first-order chi connectivity index (χ1) is 13.5. The number of aldehydes is 1. The summed E-state index contributed by atoms with van der Waals surface area (Å²) in [6, 6.07) is 10.7. The number of hydrogen-bond donors (Lipinski definition) is 0. The minimum atomic E-state index is -0.0857. The van der Waals surface area contributed by atoms with Crippen molar-refractivity contribution in [3.8, 4) is 16.9 Å². The molecule has 3 heteroatoms. The van der Waals surface area contributed by atoms with Crippen LogP contribution in [0.2, 0.25) is 0 Å². The van der Waals surface area contributed by atoms with Gasteiger partial charge in [0.25, 0.3) is 0 Å². The summed E-state index contributed by atoms with van der Waals surface area (Å²) in [5.41, 5.74) is 7.07. The fourth-order valence-corrected chi connectivity index (χ4v) is 3.77. The molecule has 0 aliphatic heterocycles. The molecule has 1 aromatic carbocycles. The highest BCUT2D eigenvalue weighted by molar-refractivity contribution is 5.92. The maximum Gasteiger partial charge on any atom is 0.167 e. The van der Waals surface area contributed by atoms with E-state index in [1.807, 2.05) is 23.6 Å². The number of rotatable bonds is 4. The van der Waals surface area contributed by atoms with E-state index in [1.54, 1.807) is 0 Å². The highest BCUT2D eigenvalue weighted by Gasteiger charge is 2.28. The number of nitrogens with zero attached hydrogens (tertiary/aromatic N) is 1. The van der Waals surface area contributed by atoms with Gasteiger partial charge in [0, 0.05) is 28.4 Å². The fraction of sp³-hybridized carbons (Fsp3) is 0.423. The lowest BCUT2D eigenvalue weighted by molar-refractivity contribution is 0.111. The Labute approximate surface area is 174 Å². The molecule has 0 amide bonds. The van der Waals surface area contributed by atoms with Gasteiger partial charge in [-0.3, -0.25) is 4.79 Å². The molecule has 0 atom stereocenters. The SMILES string of the molecule is CCOc1c(-c2cc3cc(C)ccn3c2C=O)cc(C(C)(C)C)cc1C(C)(C)C. The van der Waals surface area contributed by atoms with Gasteiger partial charge >= 0.3 is 0 Å². The van der Waals surface area contributed by atoms with Crippen LogP contribution in [0.15, 0.2) is 36.5 Å². The first-order valence-corrected chi connectivity index (χ1v) is 10.4. The summed E-state index contributed by atoms with van der Waals surface area (Å²) in [7, 11) is 0. The van der Waals surface area contributed by atoms with E-state index >= 15 is 0 Å². The lowest BCUT2D eigenvalue weighted by Crippen LogP contribution is -2.18. The number of ether oxygens (including phenoxy) is 1. The second kappa shape index (κ2) is 7.37. The molecule has 2 aromatic heterocycles. The number of benzene rings is 1. The first kappa shape index (κ1) is 21.2. The van der Waals surface area contributed by atoms with Gasteiger partial charge < -0.3 is 9.14 Å². The molecule has 3 rings (SSSR count). The van der Waals surface area contributed by atoms with E-state index in [0.717, 1.165) is 28.7 Å². The molecule has 29 heavy (non-hydrogen) atoms. The van der Waals surface area contributed by atoms with Crippen molar-refractivity contribution in [3.63, 3.8) is 0 Å². The molecule has 3 nitrogen and oxygen atoms in total. The van der Waals surface area contributed by atoms with Gasteiger partial charge in [-0.25, -0.2) is 0 Å². The Balaban J connectivity index is 2.45. The van der Waals surface area contributed by atoms with Gasteiger partial charge in [-0.1, -0.05) is 47.6 Å². The maximum absolute atomic E-state index is 12.1. The normalized spacial score (nSPS) is 12.4. The Kier molecular flexibility index (Phi) is 5.38. The molecule has 2 heterocycles. The number of aryl methyl sites for hydroxylation is 1. The van der Waals surface area contributed by atoms with Gasteiger partial charge in [0.2, 0.25) is 0 Å². The topological polar surface area (TPSA) is 30.7 Å². The summed E-state index contributed by atoms with van der Waals surface area (Å²) in [5.74, 6) is 0.878. The van der Waals surface area contributed by atoms with E-state index in [0.29, 0.717) is 12.3 Å². The molecule has 0 saturated carbocycles. The highest BCUT2D eigenvalue weighted by Crippen LogP contribution is 2.44. The minimum absolute atomic E-state index is 0.0173. The van der Waals surface area contributed by atoms with E-state index in [4.69, 9.17) is 4.74 Å². The summed E-state index contributed by atoms with van der Waals surface area (Å²) in [6.07, 6.45) is 2.92. The van der Waals surface area contributed by atoms with Gasteiger partial charge in [-0.15, -0.1) is 0 Å². The molecular formula is C26H33NO2. The Morgan fingerprint density at radius 3 is 2.21 bits per heavy atom. The molecule has 3 aromatic rings. The smallest absolute Gasteiger partial charge is 0.167 e. The predicted molar refractivity (Wildman–Crippen MR) is 122 cm³/mol. The van der Waals surface area contributed by atoms with Crippen LogP contribution in [-0.4, -0.2) is 17.3 Å². The van der Waals surface area contributed by atoms with Crippen LogP contribution in [0.25, 0.3) is 16.6 Å². The molecule has 0 aliphatic rings. The van der Waals surface area contributed by atoms with Crippen molar-refractivity contribution in [1.82, 2.24) is 4.40 Å². The van der Waals surface area contributed by atoms with Crippen molar-refractivity contribution >= 4 is 11.8 Å². The minimum Gasteiger partial charge on any atom is -0.493 e. The lowest BCUT2D eigenvalue weighted by Gasteiger charge is -2.29. The van der Waals surface area contributed by atoms with E-state index in [1.165, 1.54) is 16.7 Å². The monoisotopic (exact) mass is 391 g/mol. The van der Waals surface area contributed by atoms with Crippen molar-refractivity contribution in [2.75, 3.05) is 6.61 Å². The molecule has 0 N–H and O–H groups in total. The maximum atomic E-state index is 12.1. The van der Waals surface area contributed by atoms with Crippen LogP contribution in [0, 0.1) is 6.92 Å². The van der Waals surface area contributed by atoms with Crippen LogP contribution in [0.5, 0.6) is 5.75 Å². The van der Waals surface area contributed by atoms with Crippen molar-refractivity contribution in [2.24, 2.45) is 0 Å². The van der Waals surface area contributed by atoms with Crippen LogP contribution >= 0.6 is 0 Å². The van der Waals surface area contributed by atoms with Crippen LogP contribution in [0.4, 0.5) is 0 Å². The zero-order valence-corrected chi connectivity index (χ0v) is 19.0. The van der Waals surface area contributed by atoms with Crippen molar-refractivity contribution < 1.29 is 9.53 Å². The van der Waals surface area contributed by atoms with E-state index < -0.39 is 0 Å². The predicted octanol–water partition coefficient (Wildman–Crippen LogP) is 6.72. The third kappa shape index (κ3) is 3.96. The van der Waals surface area contributed by atoms with Crippen LogP contribution in [0.3, 0.4) is 0 Å². The number of pyridine rings is 1. The molecule has 0 unspecified atom stereocenters. The summed E-state index contributed by atoms with van der Waals surface area (Å²) >= 11 is 0. The summed E-state index contributed by atoms with van der Waals surface area (Å²) in [4.78, 5) is 12.1. The van der Waals surface area contributed by atoms with Crippen LogP contribution in [-0.2, 0) is 10.8 Å². The third-order valence-electron chi connectivity index (χ3n) is 5.42. The standard InChI is InChI=1S/C26H33NO2/c1-9-29-24-21(13-18(25(3,4)5)14-22(24)26(6,7)8)20-15-19-12-17(2)10-11-27(19)23(20)16-28/h10-16H,9H2,1-8H3. The molecular weight excluding hydrogens is 358 g/mol. The second-order valence-corrected chi connectivity index (χ2v) is 9.89. The molecule has 0 fully saturated rings. The molecule has 0 aliphatic carbocycles. The molecule has 0 radical (unpaired) electrons. The van der Waals surface area contributed by atoms with Gasteiger partial charge in [0.15, 0.2) is 6.29 Å². The number of carbonyl (C=O) groups is 1. The molecule has 0 bridgehead atoms. The van der Waals surface area contributed by atoms with Crippen molar-refractivity contribution in [3.05, 3.63) is 58.9 Å². The quantitative estimate of drug-likeness (QED) is 0.462. The Morgan fingerprint density at radius 2 is 1.66 bits per heavy atom. The number of hydrogen-bond acceptors (Lipinski definition) is 2. The summed E-state index contributed by atoms with van der Waals surface area (Å²) < 4.78 is 8.17. The Hall–Kier alpha value is -2.55. The number of fused-ring (bicyclic) bond motifs is 1. The van der Waals surface area contributed by atoms with Crippen molar-refractivity contribution in [2.45, 2.75) is 66.2 Å². The highest BCUT2D eigenvalue weighted by atomic mass is 16.5. The van der Waals surface area contributed by atoms with Gasteiger partial charge in [0.05, 0.1) is 12.3 Å². The first-order valence-electron chi connectivity index (χ1n) is 10.4. The second-order valence-electron chi connectivity index (χ2n) is 9.89. The average molecular weight is 392 g/mol. The van der Waals surface area contributed by atoms with Gasteiger partial charge in [0.1, 0.15) is 5.75 Å². The summed E-state index contributed by atoms with van der Waals surface area (Å²) in [6.45, 7) is 17.9. The largest absolute Gasteiger partial charge is 0.493 e. The van der Waals surface area contributed by atoms with Gasteiger partial charge in [-0.05, 0) is 60.1 Å².